The molecule has 0 saturated carbocycles. The monoisotopic (exact) mass is 639 g/mol. The molecule has 0 aromatic heterocycles. The van der Waals surface area contributed by atoms with Crippen LogP contribution < -0.4 is 9.62 Å². The van der Waals surface area contributed by atoms with E-state index < -0.39 is 28.5 Å². The summed E-state index contributed by atoms with van der Waals surface area (Å²) in [5, 5.41) is 3.03. The number of hydrogen-bond donors (Lipinski definition) is 1. The van der Waals surface area contributed by atoms with Crippen molar-refractivity contribution in [2.75, 3.05) is 17.4 Å². The van der Waals surface area contributed by atoms with Crippen molar-refractivity contribution in [1.82, 2.24) is 10.2 Å². The smallest absolute Gasteiger partial charge is 0.264 e. The van der Waals surface area contributed by atoms with Crippen molar-refractivity contribution in [1.29, 1.82) is 0 Å². The van der Waals surface area contributed by atoms with Crippen LogP contribution in [0.25, 0.3) is 0 Å². The molecular weight excluding hydrogens is 595 g/mol. The zero-order valence-electron chi connectivity index (χ0n) is 27.5. The molecule has 7 nitrogen and oxygen atoms in total. The molecule has 8 heteroatoms. The van der Waals surface area contributed by atoms with Crippen LogP contribution in [0.4, 0.5) is 5.69 Å². The van der Waals surface area contributed by atoms with E-state index in [2.05, 4.69) is 12.2 Å². The van der Waals surface area contributed by atoms with Gasteiger partial charge in [-0.1, -0.05) is 97.3 Å². The zero-order chi connectivity index (χ0) is 33.3. The first-order valence-electron chi connectivity index (χ1n) is 15.8. The molecule has 0 heterocycles. The number of amides is 2. The first-order valence-corrected chi connectivity index (χ1v) is 17.3. The second kappa shape index (κ2) is 15.7. The molecule has 0 bridgehead atoms. The van der Waals surface area contributed by atoms with Gasteiger partial charge in [0.25, 0.3) is 10.0 Å². The highest BCUT2D eigenvalue weighted by Crippen LogP contribution is 2.27. The van der Waals surface area contributed by atoms with E-state index in [1.807, 2.05) is 88.4 Å². The Kier molecular flexibility index (Phi) is 11.8. The number of aryl methyl sites for hydroxylation is 4. The topological polar surface area (TPSA) is 86.8 Å². The molecule has 46 heavy (non-hydrogen) atoms. The Morgan fingerprint density at radius 3 is 2.02 bits per heavy atom. The second-order valence-electron chi connectivity index (χ2n) is 12.0. The fourth-order valence-corrected chi connectivity index (χ4v) is 6.93. The number of carbonyl (C=O) groups excluding carboxylic acids is 2. The minimum absolute atomic E-state index is 0.0911. The van der Waals surface area contributed by atoms with E-state index in [1.165, 1.54) is 4.31 Å². The van der Waals surface area contributed by atoms with Gasteiger partial charge in [-0.25, -0.2) is 8.42 Å². The number of anilines is 1. The fraction of sp³-hybridized carbons (Fsp3) is 0.316. The van der Waals surface area contributed by atoms with Crippen molar-refractivity contribution in [2.24, 2.45) is 0 Å². The standard InChI is InChI=1S/C38H45N3O4S/c1-6-7-20-39-38(43)36(25-32-13-9-8-10-14-32)40(26-33-15-11-12-29(3)22-33)37(42)27-41(34-23-30(4)21-31(5)24-34)46(44,45)35-18-16-28(2)17-19-35/h8-19,21-24,36H,6-7,20,25-27H2,1-5H3,(H,39,43). The molecule has 0 aliphatic heterocycles. The number of rotatable bonds is 14. The zero-order valence-corrected chi connectivity index (χ0v) is 28.3. The van der Waals surface area contributed by atoms with E-state index >= 15 is 0 Å². The third-order valence-corrected chi connectivity index (χ3v) is 9.71. The SMILES string of the molecule is CCCCNC(=O)C(Cc1ccccc1)N(Cc1cccc(C)c1)C(=O)CN(c1cc(C)cc(C)c1)S(=O)(=O)c1ccc(C)cc1. The number of hydrogen-bond acceptors (Lipinski definition) is 4. The van der Waals surface area contributed by atoms with E-state index in [9.17, 15) is 18.0 Å². The van der Waals surface area contributed by atoms with Gasteiger partial charge in [0.15, 0.2) is 0 Å². The number of carbonyl (C=O) groups is 2. The summed E-state index contributed by atoms with van der Waals surface area (Å²) in [6.45, 7) is 9.88. The lowest BCUT2D eigenvalue weighted by molar-refractivity contribution is -0.140. The van der Waals surface area contributed by atoms with Crippen LogP contribution in [-0.2, 0) is 32.6 Å². The third kappa shape index (κ3) is 9.07. The summed E-state index contributed by atoms with van der Waals surface area (Å²) in [4.78, 5) is 30.1. The van der Waals surface area contributed by atoms with Gasteiger partial charge in [-0.05, 0) is 80.6 Å². The maximum absolute atomic E-state index is 14.6. The summed E-state index contributed by atoms with van der Waals surface area (Å²) in [5.74, 6) is -0.736. The number of benzene rings is 4. The lowest BCUT2D eigenvalue weighted by Crippen LogP contribution is -2.53. The van der Waals surface area contributed by atoms with Crippen LogP contribution in [0.3, 0.4) is 0 Å². The summed E-state index contributed by atoms with van der Waals surface area (Å²) < 4.78 is 29.7. The fourth-order valence-electron chi connectivity index (χ4n) is 5.53. The molecule has 1 N–H and O–H groups in total. The van der Waals surface area contributed by atoms with E-state index in [1.54, 1.807) is 41.3 Å². The van der Waals surface area contributed by atoms with E-state index in [4.69, 9.17) is 0 Å². The molecular formula is C38H45N3O4S. The van der Waals surface area contributed by atoms with Crippen molar-refractivity contribution in [3.63, 3.8) is 0 Å². The maximum Gasteiger partial charge on any atom is 0.264 e. The van der Waals surface area contributed by atoms with Gasteiger partial charge in [0.1, 0.15) is 12.6 Å². The molecule has 4 rings (SSSR count). The Hall–Kier alpha value is -4.43. The Balaban J connectivity index is 1.81. The van der Waals surface area contributed by atoms with E-state index in [-0.39, 0.29) is 23.8 Å². The molecule has 1 unspecified atom stereocenters. The lowest BCUT2D eigenvalue weighted by atomic mass is 10.0. The molecule has 242 valence electrons. The molecule has 0 spiro atoms. The first-order chi connectivity index (χ1) is 22.0. The Morgan fingerprint density at radius 2 is 1.39 bits per heavy atom. The molecule has 4 aromatic carbocycles. The molecule has 0 fully saturated rings. The molecule has 2 amide bonds. The van der Waals surface area contributed by atoms with Crippen molar-refractivity contribution in [3.05, 3.63) is 130 Å². The number of nitrogens with one attached hydrogen (secondary N) is 1. The Labute approximate surface area is 274 Å². The minimum atomic E-state index is -4.15. The lowest BCUT2D eigenvalue weighted by Gasteiger charge is -2.34. The highest BCUT2D eigenvalue weighted by molar-refractivity contribution is 7.92. The van der Waals surface area contributed by atoms with Gasteiger partial charge in [-0.15, -0.1) is 0 Å². The predicted molar refractivity (Wildman–Crippen MR) is 185 cm³/mol. The molecule has 1 atom stereocenters. The number of nitrogens with zero attached hydrogens (tertiary/aromatic N) is 2. The van der Waals surface area contributed by atoms with Crippen LogP contribution in [0.2, 0.25) is 0 Å². The third-order valence-electron chi connectivity index (χ3n) is 7.92. The predicted octanol–water partition coefficient (Wildman–Crippen LogP) is 6.67. The average molecular weight is 640 g/mol. The van der Waals surface area contributed by atoms with Gasteiger partial charge in [-0.3, -0.25) is 13.9 Å². The van der Waals surface area contributed by atoms with Crippen LogP contribution >= 0.6 is 0 Å². The van der Waals surface area contributed by atoms with Crippen molar-refractivity contribution < 1.29 is 18.0 Å². The quantitative estimate of drug-likeness (QED) is 0.156. The van der Waals surface area contributed by atoms with Crippen LogP contribution in [0, 0.1) is 27.7 Å². The Morgan fingerprint density at radius 1 is 0.739 bits per heavy atom. The Bertz CT molecular complexity index is 1720. The van der Waals surface area contributed by atoms with Crippen molar-refractivity contribution in [2.45, 2.75) is 71.4 Å². The van der Waals surface area contributed by atoms with Gasteiger partial charge in [0.2, 0.25) is 11.8 Å². The number of unbranched alkanes of at least 4 members (excludes halogenated alkanes) is 1. The highest BCUT2D eigenvalue weighted by Gasteiger charge is 2.34. The highest BCUT2D eigenvalue weighted by atomic mass is 32.2. The molecule has 0 aliphatic rings. The normalized spacial score (nSPS) is 11.9. The van der Waals surface area contributed by atoms with Gasteiger partial charge in [0.05, 0.1) is 10.6 Å². The minimum Gasteiger partial charge on any atom is -0.354 e. The summed E-state index contributed by atoms with van der Waals surface area (Å²) in [6.07, 6.45) is 2.01. The van der Waals surface area contributed by atoms with Gasteiger partial charge in [-0.2, -0.15) is 0 Å². The largest absolute Gasteiger partial charge is 0.354 e. The molecule has 4 aromatic rings. The summed E-state index contributed by atoms with van der Waals surface area (Å²) in [7, 11) is -4.15. The van der Waals surface area contributed by atoms with E-state index in [0.717, 1.165) is 46.2 Å². The summed E-state index contributed by atoms with van der Waals surface area (Å²) >= 11 is 0. The van der Waals surface area contributed by atoms with Crippen LogP contribution in [0.5, 0.6) is 0 Å². The van der Waals surface area contributed by atoms with Gasteiger partial charge < -0.3 is 10.2 Å². The second-order valence-corrected chi connectivity index (χ2v) is 13.9. The van der Waals surface area contributed by atoms with Gasteiger partial charge in [0, 0.05) is 19.5 Å². The van der Waals surface area contributed by atoms with Crippen molar-refractivity contribution in [3.8, 4) is 0 Å². The van der Waals surface area contributed by atoms with Crippen molar-refractivity contribution >= 4 is 27.5 Å². The van der Waals surface area contributed by atoms with Crippen LogP contribution in [0.1, 0.15) is 53.1 Å². The summed E-state index contributed by atoms with van der Waals surface area (Å²) in [6, 6.07) is 28.7. The molecule has 0 saturated heterocycles. The number of sulfonamides is 1. The molecule has 0 radical (unpaired) electrons. The van der Waals surface area contributed by atoms with Gasteiger partial charge >= 0.3 is 0 Å². The maximum atomic E-state index is 14.6. The first kappa shape index (κ1) is 34.4. The van der Waals surface area contributed by atoms with Crippen LogP contribution in [0.15, 0.2) is 102 Å². The average Bonchev–Trinajstić information content (AvgIpc) is 3.01. The molecule has 0 aliphatic carbocycles. The summed E-state index contributed by atoms with van der Waals surface area (Å²) in [5.41, 5.74) is 5.85. The van der Waals surface area contributed by atoms with E-state index in [0.29, 0.717) is 12.2 Å². The van der Waals surface area contributed by atoms with Crippen LogP contribution in [-0.4, -0.2) is 44.3 Å².